The average molecular weight is 423 g/mol. The van der Waals surface area contributed by atoms with Crippen LogP contribution in [0.5, 0.6) is 0 Å². The number of nitrogens with two attached hydrogens (primary N) is 1. The minimum atomic E-state index is -1.10. The molecular formula is C22H38N4O4. The Kier molecular flexibility index (Phi) is 13.4. The van der Waals surface area contributed by atoms with Crippen molar-refractivity contribution >= 4 is 17.7 Å². The van der Waals surface area contributed by atoms with Gasteiger partial charge in [-0.15, -0.1) is 0 Å². The van der Waals surface area contributed by atoms with Crippen LogP contribution in [0.3, 0.4) is 0 Å². The van der Waals surface area contributed by atoms with Crippen molar-refractivity contribution in [1.29, 1.82) is 0 Å². The van der Waals surface area contributed by atoms with Gasteiger partial charge in [0.1, 0.15) is 6.04 Å². The molecule has 170 valence electrons. The summed E-state index contributed by atoms with van der Waals surface area (Å²) in [5.74, 6) is -1.04. The van der Waals surface area contributed by atoms with E-state index in [4.69, 9.17) is 10.8 Å². The second kappa shape index (κ2) is 15.6. The Hall–Kier alpha value is -2.22. The van der Waals surface area contributed by atoms with Crippen LogP contribution in [-0.2, 0) is 16.0 Å². The molecule has 8 nitrogen and oxygen atoms in total. The molecular weight excluding hydrogens is 384 g/mol. The predicted octanol–water partition coefficient (Wildman–Crippen LogP) is 3.36. The van der Waals surface area contributed by atoms with E-state index in [1.807, 2.05) is 0 Å². The van der Waals surface area contributed by atoms with Crippen molar-refractivity contribution in [2.24, 2.45) is 5.73 Å². The second-order valence-corrected chi connectivity index (χ2v) is 7.86. The Bertz CT molecular complexity index is 645. The molecule has 0 saturated carbocycles. The summed E-state index contributed by atoms with van der Waals surface area (Å²) in [6, 6.07) is -1.03. The Morgan fingerprint density at radius 1 is 1.03 bits per heavy atom. The standard InChI is InChI=1S/C22H38N4O4/c1-2-3-4-5-6-7-8-9-10-13-20(28)24-14-11-12-19(27)21-25-16-17(26-21)15-18(23)22(29)30/h16,18H,2-15,23H2,1H3,(H,24,28)(H,25,26)(H,29,30). The van der Waals surface area contributed by atoms with Crippen molar-refractivity contribution in [2.45, 2.75) is 96.4 Å². The fraction of sp³-hybridized carbons (Fsp3) is 0.727. The molecule has 5 N–H and O–H groups in total. The Balaban J connectivity index is 2.06. The molecule has 0 radical (unpaired) electrons. The SMILES string of the molecule is CCCCCCCCCCCC(=O)NCCCC(=O)c1ncc(CC(N)C(=O)O)[nH]1. The van der Waals surface area contributed by atoms with Crippen molar-refractivity contribution in [1.82, 2.24) is 15.3 Å². The maximum absolute atomic E-state index is 12.1. The third kappa shape index (κ3) is 11.7. The van der Waals surface area contributed by atoms with E-state index in [1.54, 1.807) is 0 Å². The lowest BCUT2D eigenvalue weighted by molar-refractivity contribution is -0.138. The summed E-state index contributed by atoms with van der Waals surface area (Å²) in [5.41, 5.74) is 5.98. The Morgan fingerprint density at radius 3 is 2.30 bits per heavy atom. The molecule has 1 rings (SSSR count). The molecule has 1 unspecified atom stereocenters. The highest BCUT2D eigenvalue weighted by Gasteiger charge is 2.16. The number of aromatic nitrogens is 2. The summed E-state index contributed by atoms with van der Waals surface area (Å²) in [5, 5.41) is 11.7. The molecule has 0 spiro atoms. The monoisotopic (exact) mass is 422 g/mol. The summed E-state index contributed by atoms with van der Waals surface area (Å²) in [4.78, 5) is 41.5. The smallest absolute Gasteiger partial charge is 0.320 e. The number of ketones is 1. The van der Waals surface area contributed by atoms with E-state index < -0.39 is 12.0 Å². The molecule has 8 heteroatoms. The molecule has 0 fully saturated rings. The minimum absolute atomic E-state index is 0.0355. The van der Waals surface area contributed by atoms with Crippen molar-refractivity contribution in [3.8, 4) is 0 Å². The molecule has 1 aromatic rings. The van der Waals surface area contributed by atoms with Crippen molar-refractivity contribution in [3.05, 3.63) is 17.7 Å². The average Bonchev–Trinajstić information content (AvgIpc) is 3.18. The molecule has 30 heavy (non-hydrogen) atoms. The second-order valence-electron chi connectivity index (χ2n) is 7.86. The molecule has 0 bridgehead atoms. The molecule has 0 aliphatic heterocycles. The summed E-state index contributed by atoms with van der Waals surface area (Å²) in [7, 11) is 0. The Morgan fingerprint density at radius 2 is 1.67 bits per heavy atom. The van der Waals surface area contributed by atoms with Gasteiger partial charge < -0.3 is 21.1 Å². The van der Waals surface area contributed by atoms with E-state index in [0.717, 1.165) is 12.8 Å². The van der Waals surface area contributed by atoms with Crippen LogP contribution in [0, 0.1) is 0 Å². The highest BCUT2D eigenvalue weighted by molar-refractivity contribution is 5.92. The van der Waals surface area contributed by atoms with Gasteiger partial charge in [0.25, 0.3) is 0 Å². The van der Waals surface area contributed by atoms with E-state index in [2.05, 4.69) is 22.2 Å². The molecule has 0 aromatic carbocycles. The lowest BCUT2D eigenvalue weighted by atomic mass is 10.1. The number of unbranched alkanes of at least 4 members (excludes halogenated alkanes) is 8. The summed E-state index contributed by atoms with van der Waals surface area (Å²) < 4.78 is 0. The van der Waals surface area contributed by atoms with Gasteiger partial charge in [0.05, 0.1) is 0 Å². The van der Waals surface area contributed by atoms with Crippen LogP contribution in [-0.4, -0.2) is 45.3 Å². The first-order valence-corrected chi connectivity index (χ1v) is 11.3. The largest absolute Gasteiger partial charge is 0.480 e. The zero-order valence-electron chi connectivity index (χ0n) is 18.3. The third-order valence-corrected chi connectivity index (χ3v) is 5.06. The lowest BCUT2D eigenvalue weighted by Crippen LogP contribution is -2.32. The number of hydrogen-bond acceptors (Lipinski definition) is 5. The van der Waals surface area contributed by atoms with Crippen LogP contribution in [0.4, 0.5) is 0 Å². The number of nitrogens with zero attached hydrogens (tertiary/aromatic N) is 1. The summed E-state index contributed by atoms with van der Waals surface area (Å²) >= 11 is 0. The fourth-order valence-electron chi connectivity index (χ4n) is 3.21. The number of imidazole rings is 1. The summed E-state index contributed by atoms with van der Waals surface area (Å²) in [6.07, 6.45) is 13.9. The number of amides is 1. The van der Waals surface area contributed by atoms with Gasteiger partial charge in [-0.3, -0.25) is 14.4 Å². The number of H-pyrrole nitrogens is 1. The van der Waals surface area contributed by atoms with Gasteiger partial charge in [0, 0.05) is 37.7 Å². The fourth-order valence-corrected chi connectivity index (χ4v) is 3.21. The van der Waals surface area contributed by atoms with Crippen LogP contribution in [0.15, 0.2) is 6.20 Å². The van der Waals surface area contributed by atoms with Crippen LogP contribution >= 0.6 is 0 Å². The summed E-state index contributed by atoms with van der Waals surface area (Å²) in [6.45, 7) is 2.68. The van der Waals surface area contributed by atoms with E-state index >= 15 is 0 Å². The first kappa shape index (κ1) is 25.8. The topological polar surface area (TPSA) is 138 Å². The van der Waals surface area contributed by atoms with Gasteiger partial charge in [0.15, 0.2) is 11.6 Å². The van der Waals surface area contributed by atoms with Gasteiger partial charge in [-0.05, 0) is 12.8 Å². The van der Waals surface area contributed by atoms with Crippen molar-refractivity contribution < 1.29 is 19.5 Å². The van der Waals surface area contributed by atoms with E-state index in [9.17, 15) is 14.4 Å². The van der Waals surface area contributed by atoms with E-state index in [1.165, 1.54) is 51.1 Å². The minimum Gasteiger partial charge on any atom is -0.480 e. The molecule has 0 saturated heterocycles. The molecule has 1 atom stereocenters. The molecule has 1 heterocycles. The number of Topliss-reactive ketones (excluding diaryl/α,β-unsaturated/α-hetero) is 1. The molecule has 0 aliphatic carbocycles. The predicted molar refractivity (Wildman–Crippen MR) is 116 cm³/mol. The molecule has 0 aliphatic rings. The number of carboxylic acids is 1. The maximum atomic E-state index is 12.1. The van der Waals surface area contributed by atoms with Gasteiger partial charge in [-0.2, -0.15) is 0 Å². The van der Waals surface area contributed by atoms with Gasteiger partial charge in [-0.1, -0.05) is 58.3 Å². The number of aliphatic carboxylic acids is 1. The zero-order valence-corrected chi connectivity index (χ0v) is 18.3. The van der Waals surface area contributed by atoms with Crippen LogP contribution < -0.4 is 11.1 Å². The highest BCUT2D eigenvalue weighted by atomic mass is 16.4. The number of rotatable bonds is 18. The van der Waals surface area contributed by atoms with Crippen molar-refractivity contribution in [2.75, 3.05) is 6.54 Å². The van der Waals surface area contributed by atoms with Crippen LogP contribution in [0.2, 0.25) is 0 Å². The quantitative estimate of drug-likeness (QED) is 0.211. The lowest BCUT2D eigenvalue weighted by Gasteiger charge is -2.05. The van der Waals surface area contributed by atoms with Gasteiger partial charge >= 0.3 is 5.97 Å². The maximum Gasteiger partial charge on any atom is 0.320 e. The number of nitrogens with one attached hydrogen (secondary N) is 2. The Labute approximate surface area is 179 Å². The van der Waals surface area contributed by atoms with Crippen molar-refractivity contribution in [3.63, 3.8) is 0 Å². The first-order valence-electron chi connectivity index (χ1n) is 11.3. The van der Waals surface area contributed by atoms with E-state index in [-0.39, 0.29) is 30.4 Å². The number of aromatic amines is 1. The number of hydrogen-bond donors (Lipinski definition) is 4. The zero-order chi connectivity index (χ0) is 22.2. The van der Waals surface area contributed by atoms with E-state index in [0.29, 0.717) is 25.1 Å². The molecule has 1 aromatic heterocycles. The van der Waals surface area contributed by atoms with Crippen LogP contribution in [0.25, 0.3) is 0 Å². The number of carbonyl (C=O) groups is 3. The third-order valence-electron chi connectivity index (χ3n) is 5.06. The number of carboxylic acid groups (broad SMARTS) is 1. The van der Waals surface area contributed by atoms with Crippen LogP contribution in [0.1, 0.15) is 100 Å². The molecule has 1 amide bonds. The van der Waals surface area contributed by atoms with Gasteiger partial charge in [-0.25, -0.2) is 4.98 Å². The van der Waals surface area contributed by atoms with Gasteiger partial charge in [0.2, 0.25) is 5.91 Å². The normalized spacial score (nSPS) is 11.9. The number of carbonyl (C=O) groups excluding carboxylic acids is 2. The first-order chi connectivity index (χ1) is 14.4. The highest BCUT2D eigenvalue weighted by Crippen LogP contribution is 2.10.